The van der Waals surface area contributed by atoms with E-state index in [9.17, 15) is 0 Å². The molecule has 0 atom stereocenters. The van der Waals surface area contributed by atoms with Crippen molar-refractivity contribution in [2.75, 3.05) is 6.00 Å². The number of nitrogens with one attached hydrogen (secondary N) is 2. The maximum Gasteiger partial charge on any atom is 0.122 e. The first-order valence-corrected chi connectivity index (χ1v) is 8.37. The Hall–Kier alpha value is -1.77. The Labute approximate surface area is 146 Å². The molecule has 0 saturated carbocycles. The van der Waals surface area contributed by atoms with Crippen LogP contribution in [0.15, 0.2) is 48.5 Å². The Kier molecular flexibility index (Phi) is 4.22. The van der Waals surface area contributed by atoms with Gasteiger partial charge in [-0.1, -0.05) is 61.8 Å². The molecule has 118 valence electrons. The molecule has 0 heterocycles. The van der Waals surface area contributed by atoms with Gasteiger partial charge in [0, 0.05) is 11.1 Å². The number of hydrogen-bond donors (Lipinski definition) is 2. The summed E-state index contributed by atoms with van der Waals surface area (Å²) in [4.78, 5) is 0. The predicted molar refractivity (Wildman–Crippen MR) is 99.4 cm³/mol. The lowest BCUT2D eigenvalue weighted by molar-refractivity contribution is 0.660. The van der Waals surface area contributed by atoms with E-state index in [1.807, 2.05) is 6.07 Å². The number of rotatable bonds is 4. The number of alkyl halides is 1. The van der Waals surface area contributed by atoms with Gasteiger partial charge < -0.3 is 5.32 Å². The third kappa shape index (κ3) is 2.77. The number of fused-ring (bicyclic) bond motifs is 3. The van der Waals surface area contributed by atoms with Crippen LogP contribution in [0.2, 0.25) is 0 Å². The molecule has 2 N–H and O–H groups in total. The van der Waals surface area contributed by atoms with Crippen molar-refractivity contribution in [3.05, 3.63) is 65.2 Å². The van der Waals surface area contributed by atoms with Gasteiger partial charge in [-0.15, -0.1) is 11.6 Å². The first-order chi connectivity index (χ1) is 10.9. The SMILES string of the molecule is CC1(C)c2ccccc2-c2ccc(C(=CC(=N)Cl)NCCl)cc21. The number of halogens is 2. The fourth-order valence-electron chi connectivity index (χ4n) is 3.31. The zero-order valence-corrected chi connectivity index (χ0v) is 14.6. The van der Waals surface area contributed by atoms with Crippen LogP contribution in [0.4, 0.5) is 0 Å². The lowest BCUT2D eigenvalue weighted by Crippen LogP contribution is -2.16. The third-order valence-corrected chi connectivity index (χ3v) is 4.67. The van der Waals surface area contributed by atoms with Gasteiger partial charge in [-0.25, -0.2) is 0 Å². The summed E-state index contributed by atoms with van der Waals surface area (Å²) in [6.07, 6.45) is 1.58. The van der Waals surface area contributed by atoms with E-state index < -0.39 is 0 Å². The van der Waals surface area contributed by atoms with E-state index in [4.69, 9.17) is 28.6 Å². The van der Waals surface area contributed by atoms with Gasteiger partial charge in [0.05, 0.1) is 6.00 Å². The van der Waals surface area contributed by atoms with E-state index in [2.05, 4.69) is 55.6 Å². The Morgan fingerprint density at radius 3 is 2.52 bits per heavy atom. The Morgan fingerprint density at radius 2 is 1.83 bits per heavy atom. The van der Waals surface area contributed by atoms with Crippen molar-refractivity contribution in [2.24, 2.45) is 0 Å². The summed E-state index contributed by atoms with van der Waals surface area (Å²) in [6, 6.07) is 15.1. The molecule has 4 heteroatoms. The maximum atomic E-state index is 7.50. The second kappa shape index (κ2) is 6.03. The van der Waals surface area contributed by atoms with Crippen molar-refractivity contribution >= 4 is 34.1 Å². The quantitative estimate of drug-likeness (QED) is 0.438. The predicted octanol–water partition coefficient (Wildman–Crippen LogP) is 5.34. The van der Waals surface area contributed by atoms with Crippen LogP contribution in [0.3, 0.4) is 0 Å². The molecule has 0 unspecified atom stereocenters. The van der Waals surface area contributed by atoms with Crippen LogP contribution in [0, 0.1) is 5.41 Å². The van der Waals surface area contributed by atoms with Crippen LogP contribution in [-0.2, 0) is 5.41 Å². The summed E-state index contributed by atoms with van der Waals surface area (Å²) < 4.78 is 0. The third-order valence-electron chi connectivity index (χ3n) is 4.42. The van der Waals surface area contributed by atoms with Crippen LogP contribution in [0.25, 0.3) is 16.8 Å². The summed E-state index contributed by atoms with van der Waals surface area (Å²) in [6.45, 7) is 4.48. The smallest absolute Gasteiger partial charge is 0.122 e. The molecule has 1 aliphatic carbocycles. The summed E-state index contributed by atoms with van der Waals surface area (Å²) in [5.41, 5.74) is 6.86. The first-order valence-electron chi connectivity index (χ1n) is 7.45. The second-order valence-corrected chi connectivity index (χ2v) is 6.82. The zero-order valence-electron chi connectivity index (χ0n) is 13.1. The topological polar surface area (TPSA) is 35.9 Å². The summed E-state index contributed by atoms with van der Waals surface area (Å²) >= 11 is 11.5. The Morgan fingerprint density at radius 1 is 1.13 bits per heavy atom. The van der Waals surface area contributed by atoms with Crippen LogP contribution in [-0.4, -0.2) is 11.2 Å². The maximum absolute atomic E-state index is 7.50. The van der Waals surface area contributed by atoms with Gasteiger partial charge in [0.2, 0.25) is 0 Å². The summed E-state index contributed by atoms with van der Waals surface area (Å²) in [5, 5.41) is 10.5. The van der Waals surface area contributed by atoms with Crippen molar-refractivity contribution in [1.29, 1.82) is 5.41 Å². The zero-order chi connectivity index (χ0) is 16.6. The molecule has 0 aromatic heterocycles. The molecular weight excluding hydrogens is 327 g/mol. The average Bonchev–Trinajstić information content (AvgIpc) is 2.75. The average molecular weight is 345 g/mol. The number of benzene rings is 2. The standard InChI is InChI=1S/C19H18Cl2N2/c1-19(2)15-6-4-3-5-13(15)14-8-7-12(9-16(14)19)17(23-11-20)10-18(21)22/h3-10,22-23H,11H2,1-2H3. The normalized spacial score (nSPS) is 15.0. The number of allylic oxidation sites excluding steroid dienone is 1. The highest BCUT2D eigenvalue weighted by atomic mass is 35.5. The van der Waals surface area contributed by atoms with Gasteiger partial charge in [-0.3, -0.25) is 5.41 Å². The van der Waals surface area contributed by atoms with E-state index in [0.29, 0.717) is 0 Å². The molecule has 0 saturated heterocycles. The van der Waals surface area contributed by atoms with E-state index in [1.54, 1.807) is 6.08 Å². The fraction of sp³-hybridized carbons (Fsp3) is 0.211. The molecule has 0 spiro atoms. The van der Waals surface area contributed by atoms with Crippen LogP contribution in [0.1, 0.15) is 30.5 Å². The number of hydrogen-bond acceptors (Lipinski definition) is 2. The van der Waals surface area contributed by atoms with Crippen molar-refractivity contribution in [1.82, 2.24) is 5.32 Å². The van der Waals surface area contributed by atoms with Crippen molar-refractivity contribution < 1.29 is 0 Å². The molecule has 0 bridgehead atoms. The van der Waals surface area contributed by atoms with Crippen molar-refractivity contribution in [2.45, 2.75) is 19.3 Å². The molecule has 0 amide bonds. The van der Waals surface area contributed by atoms with E-state index in [1.165, 1.54) is 22.3 Å². The molecule has 1 aliphatic rings. The van der Waals surface area contributed by atoms with Gasteiger partial charge in [-0.2, -0.15) is 0 Å². The van der Waals surface area contributed by atoms with Gasteiger partial charge in [0.15, 0.2) is 0 Å². The monoisotopic (exact) mass is 344 g/mol. The van der Waals surface area contributed by atoms with E-state index >= 15 is 0 Å². The van der Waals surface area contributed by atoms with Gasteiger partial charge in [0.1, 0.15) is 5.17 Å². The molecule has 23 heavy (non-hydrogen) atoms. The lowest BCUT2D eigenvalue weighted by atomic mass is 9.82. The minimum absolute atomic E-state index is 0.0272. The Bertz CT molecular complexity index is 807. The van der Waals surface area contributed by atoms with Gasteiger partial charge in [0.25, 0.3) is 0 Å². The molecule has 2 aromatic carbocycles. The highest BCUT2D eigenvalue weighted by molar-refractivity contribution is 6.68. The molecule has 3 rings (SSSR count). The van der Waals surface area contributed by atoms with Crippen molar-refractivity contribution in [3.8, 4) is 11.1 Å². The lowest BCUT2D eigenvalue weighted by Gasteiger charge is -2.22. The molecular formula is C19H18Cl2N2. The van der Waals surface area contributed by atoms with Crippen LogP contribution >= 0.6 is 23.2 Å². The summed E-state index contributed by atoms with van der Waals surface area (Å²) in [5.74, 6) is 0. The van der Waals surface area contributed by atoms with E-state index in [0.717, 1.165) is 11.3 Å². The minimum atomic E-state index is -0.0531. The van der Waals surface area contributed by atoms with Crippen LogP contribution in [0.5, 0.6) is 0 Å². The second-order valence-electron chi connectivity index (χ2n) is 6.15. The molecule has 0 fully saturated rings. The molecule has 2 nitrogen and oxygen atoms in total. The van der Waals surface area contributed by atoms with Crippen molar-refractivity contribution in [3.63, 3.8) is 0 Å². The highest BCUT2D eigenvalue weighted by Crippen LogP contribution is 2.48. The van der Waals surface area contributed by atoms with Gasteiger partial charge >= 0.3 is 0 Å². The minimum Gasteiger partial charge on any atom is -0.371 e. The summed E-state index contributed by atoms with van der Waals surface area (Å²) in [7, 11) is 0. The van der Waals surface area contributed by atoms with Gasteiger partial charge in [-0.05, 0) is 40.0 Å². The highest BCUT2D eigenvalue weighted by Gasteiger charge is 2.35. The largest absolute Gasteiger partial charge is 0.371 e. The Balaban J connectivity index is 2.15. The van der Waals surface area contributed by atoms with E-state index in [-0.39, 0.29) is 16.6 Å². The van der Waals surface area contributed by atoms with Crippen LogP contribution < -0.4 is 5.32 Å². The molecule has 0 aliphatic heterocycles. The molecule has 2 aromatic rings. The molecule has 0 radical (unpaired) electrons. The first kappa shape index (κ1) is 16.1. The fourth-order valence-corrected chi connectivity index (χ4v) is 3.56.